The van der Waals surface area contributed by atoms with E-state index in [0.29, 0.717) is 26.5 Å². The van der Waals surface area contributed by atoms with E-state index in [9.17, 15) is 19.1 Å². The quantitative estimate of drug-likeness (QED) is 0.686. The van der Waals surface area contributed by atoms with Gasteiger partial charge in [-0.1, -0.05) is 45.9 Å². The molecule has 2 aliphatic heterocycles. The lowest BCUT2D eigenvalue weighted by Gasteiger charge is -2.35. The molecule has 2 aromatic carbocycles. The molecule has 1 saturated heterocycles. The minimum atomic E-state index is -1.09. The number of likely N-dealkylation sites (tertiary alicyclic amines) is 1. The highest BCUT2D eigenvalue weighted by atomic mass is 79.9. The van der Waals surface area contributed by atoms with Gasteiger partial charge in [0.1, 0.15) is 11.4 Å². The largest absolute Gasteiger partial charge is 0.465 e. The van der Waals surface area contributed by atoms with Gasteiger partial charge in [-0.2, -0.15) is 0 Å². The molecule has 0 aliphatic carbocycles. The van der Waals surface area contributed by atoms with Crippen molar-refractivity contribution < 1.29 is 19.1 Å². The van der Waals surface area contributed by atoms with E-state index in [1.54, 1.807) is 36.4 Å². The molecule has 0 radical (unpaired) electrons. The lowest BCUT2D eigenvalue weighted by molar-refractivity contribution is 0.0977. The van der Waals surface area contributed by atoms with Crippen LogP contribution in [0.2, 0.25) is 0 Å². The third kappa shape index (κ3) is 3.76. The summed E-state index contributed by atoms with van der Waals surface area (Å²) in [6.07, 6.45) is -1.07. The Morgan fingerprint density at radius 3 is 2.76 bits per heavy atom. The molecule has 2 N–H and O–H groups in total. The van der Waals surface area contributed by atoms with Gasteiger partial charge in [-0.3, -0.25) is 4.79 Å². The Balaban J connectivity index is 1.74. The summed E-state index contributed by atoms with van der Waals surface area (Å²) in [6.45, 7) is 0.295. The first-order valence-corrected chi connectivity index (χ1v) is 10.7. The monoisotopic (exact) mass is 477 g/mol. The number of carbonyl (C=O) groups is 2. The van der Waals surface area contributed by atoms with Crippen LogP contribution < -0.4 is 5.32 Å². The molecule has 2 aliphatic rings. The fraction of sp³-hybridized carbons (Fsp3) is 0.250. The predicted octanol–water partition coefficient (Wildman–Crippen LogP) is 3.93. The van der Waals surface area contributed by atoms with Gasteiger partial charge in [0.15, 0.2) is 5.17 Å². The number of amides is 2. The first-order chi connectivity index (χ1) is 13.9. The van der Waals surface area contributed by atoms with E-state index < -0.39 is 17.4 Å². The van der Waals surface area contributed by atoms with Gasteiger partial charge < -0.3 is 15.3 Å². The number of nitrogens with zero attached hydrogens (tertiary/aromatic N) is 2. The van der Waals surface area contributed by atoms with Gasteiger partial charge in [-0.25, -0.2) is 14.2 Å². The normalized spacial score (nSPS) is 23.3. The molecule has 4 rings (SSSR count). The second kappa shape index (κ2) is 7.79. The minimum Gasteiger partial charge on any atom is -0.465 e. The molecular formula is C20H17BrFN3O3S. The van der Waals surface area contributed by atoms with E-state index >= 15 is 0 Å². The third-order valence-electron chi connectivity index (χ3n) is 5.19. The fourth-order valence-electron chi connectivity index (χ4n) is 3.78. The van der Waals surface area contributed by atoms with Crippen molar-refractivity contribution in [1.82, 2.24) is 10.2 Å². The van der Waals surface area contributed by atoms with Crippen molar-refractivity contribution in [3.05, 3.63) is 69.9 Å². The van der Waals surface area contributed by atoms with E-state index in [1.165, 1.54) is 22.7 Å². The second-order valence-corrected chi connectivity index (χ2v) is 8.88. The van der Waals surface area contributed by atoms with Crippen molar-refractivity contribution in [3.8, 4) is 0 Å². The van der Waals surface area contributed by atoms with Crippen LogP contribution in [0.3, 0.4) is 0 Å². The summed E-state index contributed by atoms with van der Waals surface area (Å²) in [5.41, 5.74) is -0.275. The summed E-state index contributed by atoms with van der Waals surface area (Å²) in [6, 6.07) is 13.3. The van der Waals surface area contributed by atoms with Crippen molar-refractivity contribution in [2.24, 2.45) is 10.9 Å². The maximum atomic E-state index is 14.8. The van der Waals surface area contributed by atoms with Gasteiger partial charge in [0.2, 0.25) is 0 Å². The maximum absolute atomic E-state index is 14.8. The highest BCUT2D eigenvalue weighted by Gasteiger charge is 2.53. The molecule has 2 aromatic rings. The zero-order valence-corrected chi connectivity index (χ0v) is 17.5. The summed E-state index contributed by atoms with van der Waals surface area (Å²) in [5, 5.41) is 12.7. The van der Waals surface area contributed by atoms with E-state index in [1.807, 2.05) is 6.07 Å². The lowest BCUT2D eigenvalue weighted by Crippen LogP contribution is -2.43. The highest BCUT2D eigenvalue weighted by molar-refractivity contribution is 9.10. The zero-order chi connectivity index (χ0) is 20.6. The maximum Gasteiger partial charge on any atom is 0.407 e. The van der Waals surface area contributed by atoms with Crippen LogP contribution in [-0.4, -0.2) is 46.0 Å². The number of aliphatic imine (C=N–C) groups is 1. The van der Waals surface area contributed by atoms with Gasteiger partial charge >= 0.3 is 6.09 Å². The van der Waals surface area contributed by atoms with Crippen molar-refractivity contribution in [3.63, 3.8) is 0 Å². The molecule has 29 heavy (non-hydrogen) atoms. The Morgan fingerprint density at radius 1 is 1.28 bits per heavy atom. The SMILES string of the molecule is O=C(NC1=NC2(c3cc(Br)ccc3F)CN(C(=O)O)CC2CS1)c1ccccc1. The number of halogens is 2. The molecule has 2 unspecified atom stereocenters. The van der Waals surface area contributed by atoms with Crippen LogP contribution in [0, 0.1) is 11.7 Å². The molecule has 0 aromatic heterocycles. The van der Waals surface area contributed by atoms with Crippen LogP contribution in [-0.2, 0) is 5.54 Å². The lowest BCUT2D eigenvalue weighted by atomic mass is 9.81. The number of hydrogen-bond donors (Lipinski definition) is 2. The van der Waals surface area contributed by atoms with Crippen molar-refractivity contribution in [1.29, 1.82) is 0 Å². The minimum absolute atomic E-state index is 0.0334. The Hall–Kier alpha value is -2.39. The molecular weight excluding hydrogens is 461 g/mol. The van der Waals surface area contributed by atoms with Crippen LogP contribution in [0.4, 0.5) is 9.18 Å². The van der Waals surface area contributed by atoms with Crippen LogP contribution >= 0.6 is 27.7 Å². The van der Waals surface area contributed by atoms with E-state index in [2.05, 4.69) is 21.2 Å². The highest BCUT2D eigenvalue weighted by Crippen LogP contribution is 2.47. The first kappa shape index (κ1) is 19.9. The first-order valence-electron chi connectivity index (χ1n) is 8.91. The standard InChI is InChI=1S/C20H17BrFN3O3S/c21-14-6-7-16(22)15(8-14)20-11-25(19(27)28)9-13(20)10-29-18(24-20)23-17(26)12-4-2-1-3-5-12/h1-8,13H,9-11H2,(H,27,28)(H,23,24,26). The summed E-state index contributed by atoms with van der Waals surface area (Å²) in [4.78, 5) is 30.1. The molecule has 2 atom stereocenters. The van der Waals surface area contributed by atoms with Crippen LogP contribution in [0.25, 0.3) is 0 Å². The number of nitrogens with one attached hydrogen (secondary N) is 1. The predicted molar refractivity (Wildman–Crippen MR) is 113 cm³/mol. The topological polar surface area (TPSA) is 82.0 Å². The number of benzene rings is 2. The van der Waals surface area contributed by atoms with Crippen molar-refractivity contribution in [2.75, 3.05) is 18.8 Å². The van der Waals surface area contributed by atoms with Crippen molar-refractivity contribution >= 4 is 44.9 Å². The fourth-order valence-corrected chi connectivity index (χ4v) is 5.27. The van der Waals surface area contributed by atoms with Gasteiger partial charge in [0, 0.05) is 33.8 Å². The zero-order valence-electron chi connectivity index (χ0n) is 15.1. The van der Waals surface area contributed by atoms with Crippen molar-refractivity contribution in [2.45, 2.75) is 5.54 Å². The number of rotatable bonds is 2. The Kier molecular flexibility index (Phi) is 5.35. The number of hydrogen-bond acceptors (Lipinski definition) is 4. The van der Waals surface area contributed by atoms with Crippen LogP contribution in [0.5, 0.6) is 0 Å². The number of carboxylic acid groups (broad SMARTS) is 1. The Bertz CT molecular complexity index is 1000. The summed E-state index contributed by atoms with van der Waals surface area (Å²) < 4.78 is 15.5. The smallest absolute Gasteiger partial charge is 0.407 e. The van der Waals surface area contributed by atoms with E-state index in [-0.39, 0.29) is 24.9 Å². The van der Waals surface area contributed by atoms with Crippen LogP contribution in [0.15, 0.2) is 58.0 Å². The molecule has 9 heteroatoms. The number of amidine groups is 1. The summed E-state index contributed by atoms with van der Waals surface area (Å²) >= 11 is 4.71. The third-order valence-corrected chi connectivity index (χ3v) is 6.72. The molecule has 6 nitrogen and oxygen atoms in total. The van der Waals surface area contributed by atoms with E-state index in [4.69, 9.17) is 4.99 Å². The average molecular weight is 478 g/mol. The van der Waals surface area contributed by atoms with Gasteiger partial charge in [0.05, 0.1) is 6.54 Å². The summed E-state index contributed by atoms with van der Waals surface area (Å²) in [5.74, 6) is -0.447. The Labute approximate surface area is 179 Å². The second-order valence-electron chi connectivity index (χ2n) is 6.96. The molecule has 1 fully saturated rings. The van der Waals surface area contributed by atoms with Gasteiger partial charge in [-0.15, -0.1) is 0 Å². The number of carbonyl (C=O) groups excluding carboxylic acids is 1. The van der Waals surface area contributed by atoms with E-state index in [0.717, 1.165) is 0 Å². The molecule has 150 valence electrons. The molecule has 2 heterocycles. The molecule has 0 bridgehead atoms. The molecule has 2 amide bonds. The average Bonchev–Trinajstić information content (AvgIpc) is 3.11. The van der Waals surface area contributed by atoms with Crippen LogP contribution in [0.1, 0.15) is 15.9 Å². The number of fused-ring (bicyclic) bond motifs is 1. The van der Waals surface area contributed by atoms with Gasteiger partial charge in [0.25, 0.3) is 5.91 Å². The summed E-state index contributed by atoms with van der Waals surface area (Å²) in [7, 11) is 0. The molecule has 0 saturated carbocycles. The number of thioether (sulfide) groups is 1. The molecule has 0 spiro atoms. The van der Waals surface area contributed by atoms with Gasteiger partial charge in [-0.05, 0) is 30.3 Å². The Morgan fingerprint density at radius 2 is 2.03 bits per heavy atom.